The fraction of sp³-hybridized carbons (Fsp3) is 0.958. The van der Waals surface area contributed by atoms with E-state index in [1.165, 1.54) is 64.2 Å². The quantitative estimate of drug-likeness (QED) is 0.584. The minimum Gasteiger partial charge on any atom is -0.300 e. The molecule has 0 amide bonds. The third kappa shape index (κ3) is 2.32. The monoisotopic (exact) mass is 352 g/mol. The van der Waals surface area contributed by atoms with E-state index in [1.807, 2.05) is 0 Å². The Bertz CT molecular complexity index is 583. The van der Waals surface area contributed by atoms with Gasteiger partial charge in [-0.3, -0.25) is 0 Å². The zero-order chi connectivity index (χ0) is 18.1. The van der Waals surface area contributed by atoms with E-state index in [4.69, 9.17) is 7.85 Å². The lowest BCUT2D eigenvalue weighted by Crippen LogP contribution is -2.55. The van der Waals surface area contributed by atoms with E-state index in [9.17, 15) is 4.79 Å². The van der Waals surface area contributed by atoms with Crippen LogP contribution in [0.1, 0.15) is 84.5 Å². The molecule has 2 radical (unpaired) electrons. The summed E-state index contributed by atoms with van der Waals surface area (Å²) in [7, 11) is 5.78. The first-order chi connectivity index (χ1) is 12.5. The van der Waals surface area contributed by atoms with E-state index < -0.39 is 0 Å². The number of carbonyl (C=O) groups is 1. The molecule has 142 valence electrons. The van der Waals surface area contributed by atoms with Crippen LogP contribution in [0.15, 0.2) is 0 Å². The minimum atomic E-state index is 0.257. The van der Waals surface area contributed by atoms with E-state index in [0.717, 1.165) is 41.9 Å². The molecule has 2 heteroatoms. The Morgan fingerprint density at radius 2 is 1.69 bits per heavy atom. The molecular weight excluding hydrogens is 315 g/mol. The van der Waals surface area contributed by atoms with Crippen molar-refractivity contribution in [3.05, 3.63) is 0 Å². The summed E-state index contributed by atoms with van der Waals surface area (Å²) in [6, 6.07) is 0. The van der Waals surface area contributed by atoms with Crippen molar-refractivity contribution in [2.75, 3.05) is 0 Å². The topological polar surface area (TPSA) is 17.1 Å². The van der Waals surface area contributed by atoms with Crippen molar-refractivity contribution in [1.29, 1.82) is 0 Å². The molecule has 5 aliphatic carbocycles. The van der Waals surface area contributed by atoms with Crippen molar-refractivity contribution in [2.45, 2.75) is 90.8 Å². The van der Waals surface area contributed by atoms with Crippen LogP contribution in [0.25, 0.3) is 0 Å². The molecule has 8 unspecified atom stereocenters. The lowest BCUT2D eigenvalue weighted by Gasteiger charge is -2.62. The third-order valence-electron chi connectivity index (χ3n) is 10.4. The van der Waals surface area contributed by atoms with Crippen molar-refractivity contribution >= 4 is 13.6 Å². The highest BCUT2D eigenvalue weighted by Gasteiger charge is 2.64. The van der Waals surface area contributed by atoms with Gasteiger partial charge >= 0.3 is 0 Å². The van der Waals surface area contributed by atoms with E-state index in [0.29, 0.717) is 11.2 Å². The molecule has 5 saturated carbocycles. The number of hydrogen-bond acceptors (Lipinski definition) is 1. The minimum absolute atomic E-state index is 0.257. The maximum atomic E-state index is 12.6. The molecule has 0 aromatic carbocycles. The average molecular weight is 352 g/mol. The SMILES string of the molecule is [B]CC(=O)C1CCC2C3CCC4CC(C)CCC4(C4CC4)C3CCC12C. The largest absolute Gasteiger partial charge is 0.300 e. The summed E-state index contributed by atoms with van der Waals surface area (Å²) in [4.78, 5) is 12.6. The van der Waals surface area contributed by atoms with Crippen LogP contribution in [0.2, 0.25) is 6.32 Å². The Hall–Kier alpha value is -0.265. The molecule has 8 atom stereocenters. The average Bonchev–Trinajstić information content (AvgIpc) is 3.42. The summed E-state index contributed by atoms with van der Waals surface area (Å²) in [5, 5.41) is 0. The van der Waals surface area contributed by atoms with Gasteiger partial charge in [0.05, 0.1) is 7.85 Å². The van der Waals surface area contributed by atoms with Gasteiger partial charge in [-0.15, -0.1) is 0 Å². The van der Waals surface area contributed by atoms with Gasteiger partial charge in [0.2, 0.25) is 0 Å². The first-order valence-electron chi connectivity index (χ1n) is 11.7. The molecule has 0 saturated heterocycles. The summed E-state index contributed by atoms with van der Waals surface area (Å²) >= 11 is 0. The molecule has 5 rings (SSSR count). The second-order valence-corrected chi connectivity index (χ2v) is 11.3. The maximum Gasteiger partial charge on any atom is 0.128 e. The second-order valence-electron chi connectivity index (χ2n) is 11.3. The lowest BCUT2D eigenvalue weighted by atomic mass is 9.42. The van der Waals surface area contributed by atoms with Gasteiger partial charge < -0.3 is 4.79 Å². The molecule has 5 fully saturated rings. The molecule has 0 aliphatic heterocycles. The van der Waals surface area contributed by atoms with E-state index in [1.54, 1.807) is 0 Å². The third-order valence-corrected chi connectivity index (χ3v) is 10.4. The Balaban J connectivity index is 1.46. The van der Waals surface area contributed by atoms with Gasteiger partial charge in [0.1, 0.15) is 5.78 Å². The Morgan fingerprint density at radius 3 is 2.42 bits per heavy atom. The number of rotatable bonds is 3. The van der Waals surface area contributed by atoms with Crippen molar-refractivity contribution in [3.63, 3.8) is 0 Å². The van der Waals surface area contributed by atoms with Gasteiger partial charge in [-0.25, -0.2) is 0 Å². The van der Waals surface area contributed by atoms with Crippen LogP contribution in [0.5, 0.6) is 0 Å². The summed E-state index contributed by atoms with van der Waals surface area (Å²) in [6.45, 7) is 4.97. The van der Waals surface area contributed by atoms with Crippen molar-refractivity contribution < 1.29 is 4.79 Å². The normalized spacial score (nSPS) is 53.5. The molecule has 1 nitrogen and oxygen atoms in total. The standard InChI is InChI=1S/C24H37BO/c1-15-9-12-24(16-3-4-16)17(13-15)5-6-18-19-7-8-21(22(26)14-25)23(19,2)11-10-20(18)24/h15-21H,3-14H2,1-2H3. The molecule has 0 aromatic heterocycles. The molecule has 0 N–H and O–H groups in total. The van der Waals surface area contributed by atoms with E-state index >= 15 is 0 Å². The number of ketones is 1. The summed E-state index contributed by atoms with van der Waals surface area (Å²) in [6.07, 6.45) is 15.9. The predicted octanol–water partition coefficient (Wildman–Crippen LogP) is 5.83. The van der Waals surface area contributed by atoms with Gasteiger partial charge in [-0.2, -0.15) is 0 Å². The van der Waals surface area contributed by atoms with Crippen LogP contribution in [0, 0.1) is 52.3 Å². The van der Waals surface area contributed by atoms with Gasteiger partial charge in [0.15, 0.2) is 0 Å². The first kappa shape index (κ1) is 17.8. The van der Waals surface area contributed by atoms with Crippen LogP contribution < -0.4 is 0 Å². The fourth-order valence-electron chi connectivity index (χ4n) is 9.28. The van der Waals surface area contributed by atoms with Crippen molar-refractivity contribution in [2.24, 2.45) is 52.3 Å². The van der Waals surface area contributed by atoms with Gasteiger partial charge in [-0.1, -0.05) is 20.3 Å². The van der Waals surface area contributed by atoms with Gasteiger partial charge in [0.25, 0.3) is 0 Å². The number of carbonyl (C=O) groups excluding carboxylic acids is 1. The zero-order valence-corrected chi connectivity index (χ0v) is 17.0. The highest BCUT2D eigenvalue weighted by molar-refractivity contribution is 6.20. The Morgan fingerprint density at radius 1 is 0.923 bits per heavy atom. The highest BCUT2D eigenvalue weighted by atomic mass is 16.1. The van der Waals surface area contributed by atoms with Gasteiger partial charge in [0, 0.05) is 5.92 Å². The molecule has 0 aromatic rings. The van der Waals surface area contributed by atoms with Crippen LogP contribution in [-0.2, 0) is 4.79 Å². The van der Waals surface area contributed by atoms with Crippen molar-refractivity contribution in [3.8, 4) is 0 Å². The Labute approximate surface area is 161 Å². The van der Waals surface area contributed by atoms with Crippen molar-refractivity contribution in [1.82, 2.24) is 0 Å². The maximum absolute atomic E-state index is 12.6. The molecule has 26 heavy (non-hydrogen) atoms. The van der Waals surface area contributed by atoms with E-state index in [2.05, 4.69) is 13.8 Å². The zero-order valence-electron chi connectivity index (χ0n) is 17.0. The van der Waals surface area contributed by atoms with Gasteiger partial charge in [-0.05, 0) is 117 Å². The van der Waals surface area contributed by atoms with E-state index in [-0.39, 0.29) is 17.7 Å². The molecule has 5 aliphatic rings. The number of hydrogen-bond donors (Lipinski definition) is 0. The second kappa shape index (κ2) is 6.12. The highest BCUT2D eigenvalue weighted by Crippen LogP contribution is 2.72. The first-order valence-corrected chi connectivity index (χ1v) is 11.7. The molecule has 0 bridgehead atoms. The van der Waals surface area contributed by atoms with Crippen LogP contribution >= 0.6 is 0 Å². The van der Waals surface area contributed by atoms with Crippen LogP contribution in [0.3, 0.4) is 0 Å². The van der Waals surface area contributed by atoms with Crippen LogP contribution in [0.4, 0.5) is 0 Å². The molecule has 0 heterocycles. The summed E-state index contributed by atoms with van der Waals surface area (Å²) < 4.78 is 0. The van der Waals surface area contributed by atoms with Crippen LogP contribution in [-0.4, -0.2) is 13.6 Å². The predicted molar refractivity (Wildman–Crippen MR) is 107 cm³/mol. The summed E-state index contributed by atoms with van der Waals surface area (Å²) in [5.74, 6) is 6.34. The molecular formula is C24H37BO. The number of fused-ring (bicyclic) bond motifs is 5. The Kier molecular flexibility index (Phi) is 4.19. The lowest BCUT2D eigenvalue weighted by molar-refractivity contribution is -0.144. The number of Topliss-reactive ketones (excluding diaryl/α,β-unsaturated/α-hetero) is 1. The molecule has 0 spiro atoms. The smallest absolute Gasteiger partial charge is 0.128 e. The summed E-state index contributed by atoms with van der Waals surface area (Å²) in [5.41, 5.74) is 0.962. The fourth-order valence-corrected chi connectivity index (χ4v) is 9.28.